The van der Waals surface area contributed by atoms with Gasteiger partial charge in [-0.3, -0.25) is 0 Å². The van der Waals surface area contributed by atoms with Gasteiger partial charge >= 0.3 is 72.8 Å². The summed E-state index contributed by atoms with van der Waals surface area (Å²) in [6.45, 7) is 6.44. The van der Waals surface area contributed by atoms with Gasteiger partial charge in [0.05, 0.1) is 0 Å². The van der Waals surface area contributed by atoms with E-state index in [4.69, 9.17) is 0 Å². The first-order valence-electron chi connectivity index (χ1n) is 4.23. The molecule has 0 spiro atoms. The molecule has 2 rings (SSSR count). The standard InChI is InChI=1S/C11H11B/c1-8-3-4-10-5-6-12-9(2)11(10)7-8/h3-7H,1-2H3. The van der Waals surface area contributed by atoms with E-state index in [2.05, 4.69) is 51.0 Å². The van der Waals surface area contributed by atoms with Crippen LogP contribution in [0.4, 0.5) is 0 Å². The molecule has 12 heavy (non-hydrogen) atoms. The van der Waals surface area contributed by atoms with Gasteiger partial charge in [0.1, 0.15) is 0 Å². The zero-order valence-corrected chi connectivity index (χ0v) is 7.46. The molecule has 0 N–H and O–H groups in total. The van der Waals surface area contributed by atoms with Gasteiger partial charge in [-0.25, -0.2) is 0 Å². The predicted octanol–water partition coefficient (Wildman–Crippen LogP) is 2.79. The molecule has 58 valence electrons. The molecule has 0 aliphatic rings. The zero-order chi connectivity index (χ0) is 8.55. The van der Waals surface area contributed by atoms with Gasteiger partial charge in [-0.05, 0) is 0 Å². The maximum absolute atomic E-state index is 2.24. The molecule has 0 aliphatic carbocycles. The van der Waals surface area contributed by atoms with Gasteiger partial charge in [0, 0.05) is 0 Å². The Kier molecular flexibility index (Phi) is 1.72. The Labute approximate surface area is 73.4 Å². The number of aryl methyl sites for hydroxylation is 2. The SMILES string of the molecule is Cc1ccc2ccbc(C)c2c1. The van der Waals surface area contributed by atoms with Crippen LogP contribution in [0, 0.1) is 13.8 Å². The van der Waals surface area contributed by atoms with Crippen molar-refractivity contribution >= 4 is 17.7 Å². The monoisotopic (exact) mass is 154 g/mol. The first-order valence-corrected chi connectivity index (χ1v) is 4.23. The second-order valence-corrected chi connectivity index (χ2v) is 3.30. The summed E-state index contributed by atoms with van der Waals surface area (Å²) in [6, 6.07) is 8.73. The van der Waals surface area contributed by atoms with E-state index in [0.717, 1.165) is 0 Å². The van der Waals surface area contributed by atoms with E-state index in [9.17, 15) is 0 Å². The number of rotatable bonds is 0. The summed E-state index contributed by atoms with van der Waals surface area (Å²) in [5.41, 5.74) is 2.69. The summed E-state index contributed by atoms with van der Waals surface area (Å²) >= 11 is 0. The van der Waals surface area contributed by atoms with E-state index in [1.165, 1.54) is 21.8 Å². The van der Waals surface area contributed by atoms with Crippen molar-refractivity contribution in [1.29, 1.82) is 0 Å². The van der Waals surface area contributed by atoms with E-state index < -0.39 is 0 Å². The topological polar surface area (TPSA) is 0 Å². The van der Waals surface area contributed by atoms with Gasteiger partial charge in [0.25, 0.3) is 0 Å². The van der Waals surface area contributed by atoms with E-state index in [0.29, 0.717) is 0 Å². The van der Waals surface area contributed by atoms with Crippen LogP contribution in [0.2, 0.25) is 0 Å². The number of hydrogen-bond acceptors (Lipinski definition) is 0. The Morgan fingerprint density at radius 2 is 1.92 bits per heavy atom. The third kappa shape index (κ3) is 1.16. The molecular weight excluding hydrogens is 143 g/mol. The molecule has 0 radical (unpaired) electrons. The van der Waals surface area contributed by atoms with E-state index >= 15 is 0 Å². The summed E-state index contributed by atoms with van der Waals surface area (Å²) in [5.74, 6) is 2.10. The van der Waals surface area contributed by atoms with Crippen molar-refractivity contribution in [2.24, 2.45) is 0 Å². The second-order valence-electron chi connectivity index (χ2n) is 3.30. The molecule has 0 aliphatic heterocycles. The third-order valence-electron chi connectivity index (χ3n) is 2.26. The van der Waals surface area contributed by atoms with Gasteiger partial charge in [0.2, 0.25) is 0 Å². The van der Waals surface area contributed by atoms with E-state index in [1.54, 1.807) is 0 Å². The second kappa shape index (κ2) is 2.74. The molecular formula is C11H11B. The van der Waals surface area contributed by atoms with Crippen LogP contribution >= 0.6 is 0 Å². The molecule has 0 unspecified atom stereocenters. The summed E-state index contributed by atoms with van der Waals surface area (Å²) in [4.78, 5) is 0. The molecule has 0 saturated heterocycles. The van der Waals surface area contributed by atoms with Crippen molar-refractivity contribution in [3.05, 3.63) is 41.2 Å². The number of benzene rings is 1. The quantitative estimate of drug-likeness (QED) is 0.547. The average Bonchev–Trinajstić information content (AvgIpc) is 2.07. The third-order valence-corrected chi connectivity index (χ3v) is 2.26. The minimum absolute atomic E-state index is 1.33. The van der Waals surface area contributed by atoms with Crippen LogP contribution in [-0.2, 0) is 0 Å². The minimum atomic E-state index is 1.33. The van der Waals surface area contributed by atoms with Gasteiger partial charge in [-0.2, -0.15) is 0 Å². The van der Waals surface area contributed by atoms with Gasteiger partial charge < -0.3 is 0 Å². The van der Waals surface area contributed by atoms with Gasteiger partial charge in [0.15, 0.2) is 0 Å². The molecule has 1 aromatic heterocycles. The molecule has 1 aromatic carbocycles. The summed E-state index contributed by atoms with van der Waals surface area (Å²) in [6.07, 6.45) is 0. The van der Waals surface area contributed by atoms with Crippen molar-refractivity contribution in [2.45, 2.75) is 13.8 Å². The fourth-order valence-electron chi connectivity index (χ4n) is 1.54. The summed E-state index contributed by atoms with van der Waals surface area (Å²) < 4.78 is 0. The Balaban J connectivity index is 2.88. The number of hydrogen-bond donors (Lipinski definition) is 0. The normalized spacial score (nSPS) is 10.2. The Bertz CT molecular complexity index is 418. The van der Waals surface area contributed by atoms with Crippen molar-refractivity contribution in [3.63, 3.8) is 0 Å². The molecule has 0 saturated carbocycles. The Hall–Kier alpha value is -1.11. The van der Waals surface area contributed by atoms with Crippen LogP contribution < -0.4 is 0 Å². The van der Waals surface area contributed by atoms with E-state index in [-0.39, 0.29) is 0 Å². The average molecular weight is 154 g/mol. The van der Waals surface area contributed by atoms with Crippen LogP contribution in [0.15, 0.2) is 30.2 Å². The summed E-state index contributed by atoms with van der Waals surface area (Å²) in [7, 11) is 0. The molecule has 1 heteroatoms. The first kappa shape index (κ1) is 7.54. The molecule has 0 nitrogen and oxygen atoms in total. The van der Waals surface area contributed by atoms with Gasteiger partial charge in [-0.1, -0.05) is 0 Å². The van der Waals surface area contributed by atoms with Crippen LogP contribution in [0.5, 0.6) is 0 Å². The molecule has 0 fully saturated rings. The van der Waals surface area contributed by atoms with E-state index in [1.807, 2.05) is 0 Å². The molecule has 1 heterocycles. The van der Waals surface area contributed by atoms with Crippen molar-refractivity contribution in [2.75, 3.05) is 0 Å². The van der Waals surface area contributed by atoms with Crippen molar-refractivity contribution in [1.82, 2.24) is 0 Å². The Morgan fingerprint density at radius 3 is 2.75 bits per heavy atom. The molecule has 0 bridgehead atoms. The number of fused-ring (bicyclic) bond motifs is 1. The maximum atomic E-state index is 2.24. The fourth-order valence-corrected chi connectivity index (χ4v) is 1.54. The van der Waals surface area contributed by atoms with Crippen LogP contribution in [0.1, 0.15) is 11.0 Å². The van der Waals surface area contributed by atoms with Gasteiger partial charge in [-0.15, -0.1) is 0 Å². The van der Waals surface area contributed by atoms with Crippen LogP contribution in [-0.4, -0.2) is 6.91 Å². The molecule has 0 atom stereocenters. The van der Waals surface area contributed by atoms with Crippen LogP contribution in [0.25, 0.3) is 10.8 Å². The summed E-state index contributed by atoms with van der Waals surface area (Å²) in [5, 5.41) is 2.71. The van der Waals surface area contributed by atoms with Crippen molar-refractivity contribution < 1.29 is 0 Å². The zero-order valence-electron chi connectivity index (χ0n) is 7.46. The molecule has 0 amide bonds. The molecule has 2 aromatic rings. The van der Waals surface area contributed by atoms with Crippen molar-refractivity contribution in [3.8, 4) is 0 Å². The first-order chi connectivity index (χ1) is 5.77. The Morgan fingerprint density at radius 1 is 1.08 bits per heavy atom. The predicted molar refractivity (Wildman–Crippen MR) is 54.8 cm³/mol. The fraction of sp³-hybridized carbons (Fsp3) is 0.182. The van der Waals surface area contributed by atoms with Crippen LogP contribution in [0.3, 0.4) is 0 Å².